The van der Waals surface area contributed by atoms with Crippen LogP contribution in [0.3, 0.4) is 0 Å². The molecule has 1 atom stereocenters. The Hall–Kier alpha value is -2.77. The largest absolute Gasteiger partial charge is 0.443 e. The van der Waals surface area contributed by atoms with E-state index in [0.717, 1.165) is 11.3 Å². The van der Waals surface area contributed by atoms with Crippen molar-refractivity contribution in [2.24, 2.45) is 0 Å². The molecule has 0 bridgehead atoms. The molecule has 0 fully saturated rings. The van der Waals surface area contributed by atoms with Crippen LogP contribution in [0.15, 0.2) is 48.5 Å². The van der Waals surface area contributed by atoms with E-state index in [4.69, 9.17) is 9.47 Å². The predicted molar refractivity (Wildman–Crippen MR) is 115 cm³/mol. The number of carbonyl (C=O) groups excluding carboxylic acids is 2. The van der Waals surface area contributed by atoms with Crippen LogP contribution in [0, 0.1) is 5.82 Å². The summed E-state index contributed by atoms with van der Waals surface area (Å²) in [5.41, 5.74) is 1.02. The summed E-state index contributed by atoms with van der Waals surface area (Å²) in [5.74, 6) is -1.38. The van der Waals surface area contributed by atoms with E-state index in [0.29, 0.717) is 34.3 Å². The Morgan fingerprint density at radius 3 is 2.40 bits per heavy atom. The van der Waals surface area contributed by atoms with E-state index in [1.165, 1.54) is 13.2 Å². The molecule has 0 aliphatic carbocycles. The molecular formula is C23H24FNO4S. The van der Waals surface area contributed by atoms with Crippen LogP contribution in [-0.2, 0) is 20.9 Å². The van der Waals surface area contributed by atoms with Gasteiger partial charge in [0.15, 0.2) is 0 Å². The van der Waals surface area contributed by atoms with Crippen molar-refractivity contribution in [3.05, 3.63) is 70.4 Å². The van der Waals surface area contributed by atoms with Crippen LogP contribution in [0.1, 0.15) is 40.8 Å². The van der Waals surface area contributed by atoms with Gasteiger partial charge in [0, 0.05) is 41.4 Å². The highest BCUT2D eigenvalue weighted by Gasteiger charge is 2.31. The molecule has 30 heavy (non-hydrogen) atoms. The van der Waals surface area contributed by atoms with Crippen LogP contribution in [0.25, 0.3) is 10.1 Å². The van der Waals surface area contributed by atoms with Gasteiger partial charge < -0.3 is 14.4 Å². The van der Waals surface area contributed by atoms with Crippen LogP contribution in [0.2, 0.25) is 0 Å². The quantitative estimate of drug-likeness (QED) is 0.475. The van der Waals surface area contributed by atoms with Crippen molar-refractivity contribution in [3.63, 3.8) is 0 Å². The number of thiophene rings is 1. The van der Waals surface area contributed by atoms with Gasteiger partial charge in [-0.15, -0.1) is 11.3 Å². The van der Waals surface area contributed by atoms with Gasteiger partial charge >= 0.3 is 5.97 Å². The number of fused-ring (bicyclic) bond motifs is 1. The van der Waals surface area contributed by atoms with Crippen LogP contribution < -0.4 is 0 Å². The van der Waals surface area contributed by atoms with Gasteiger partial charge in [-0.25, -0.2) is 9.18 Å². The number of esters is 1. The molecule has 1 amide bonds. The summed E-state index contributed by atoms with van der Waals surface area (Å²) >= 11 is 1.14. The molecule has 158 valence electrons. The summed E-state index contributed by atoms with van der Waals surface area (Å²) in [5, 5.41) is 0.350. The molecule has 1 aromatic heterocycles. The van der Waals surface area contributed by atoms with Gasteiger partial charge in [0.1, 0.15) is 10.7 Å². The summed E-state index contributed by atoms with van der Waals surface area (Å²) in [4.78, 5) is 28.1. The Morgan fingerprint density at radius 1 is 1.07 bits per heavy atom. The second-order valence-corrected chi connectivity index (χ2v) is 7.71. The molecule has 5 nitrogen and oxygen atoms in total. The zero-order chi connectivity index (χ0) is 21.7. The smallest absolute Gasteiger partial charge is 0.349 e. The van der Waals surface area contributed by atoms with Gasteiger partial charge in [0.05, 0.1) is 6.61 Å². The van der Waals surface area contributed by atoms with Crippen molar-refractivity contribution in [2.75, 3.05) is 20.2 Å². The summed E-state index contributed by atoms with van der Waals surface area (Å²) in [7, 11) is 1.48. The van der Waals surface area contributed by atoms with Crippen molar-refractivity contribution in [1.29, 1.82) is 0 Å². The molecule has 0 N–H and O–H groups in total. The standard InChI is InChI=1S/C23H24FNO4S/c1-4-25(5-2)22(26)20(15-10-7-6-8-11-15)29-23(27)21-16(14-28-3)19-17(24)12-9-13-18(19)30-21/h6-13,20H,4-5,14H2,1-3H3. The molecule has 1 heterocycles. The molecule has 0 saturated carbocycles. The first-order valence-corrected chi connectivity index (χ1v) is 10.6. The van der Waals surface area contributed by atoms with E-state index < -0.39 is 17.9 Å². The molecule has 0 aliphatic heterocycles. The maximum atomic E-state index is 14.4. The van der Waals surface area contributed by atoms with Gasteiger partial charge in [-0.1, -0.05) is 36.4 Å². The summed E-state index contributed by atoms with van der Waals surface area (Å²) in [6.07, 6.45) is -1.08. The first-order chi connectivity index (χ1) is 14.5. The number of methoxy groups -OCH3 is 1. The Balaban J connectivity index is 2.01. The average Bonchev–Trinajstić information content (AvgIpc) is 3.13. The minimum atomic E-state index is -1.08. The lowest BCUT2D eigenvalue weighted by atomic mass is 10.1. The minimum Gasteiger partial charge on any atom is -0.443 e. The third-order valence-electron chi connectivity index (χ3n) is 4.86. The van der Waals surface area contributed by atoms with Gasteiger partial charge in [-0.05, 0) is 26.0 Å². The maximum Gasteiger partial charge on any atom is 0.349 e. The summed E-state index contributed by atoms with van der Waals surface area (Å²) < 4.78 is 26.0. The van der Waals surface area contributed by atoms with Gasteiger partial charge in [-0.2, -0.15) is 0 Å². The minimum absolute atomic E-state index is 0.0609. The second kappa shape index (κ2) is 9.82. The fraction of sp³-hybridized carbons (Fsp3) is 0.304. The predicted octanol–water partition coefficient (Wildman–Crippen LogP) is 4.95. The van der Waals surface area contributed by atoms with E-state index in [2.05, 4.69) is 0 Å². The topological polar surface area (TPSA) is 55.8 Å². The number of hydrogen-bond donors (Lipinski definition) is 0. The van der Waals surface area contributed by atoms with Crippen molar-refractivity contribution in [2.45, 2.75) is 26.6 Å². The Labute approximate surface area is 179 Å². The van der Waals surface area contributed by atoms with Gasteiger partial charge in [0.2, 0.25) is 6.10 Å². The van der Waals surface area contributed by atoms with Crippen LogP contribution in [0.4, 0.5) is 4.39 Å². The molecule has 0 spiro atoms. The number of amides is 1. The summed E-state index contributed by atoms with van der Waals surface area (Å²) in [6.45, 7) is 4.80. The highest BCUT2D eigenvalue weighted by atomic mass is 32.1. The molecule has 1 unspecified atom stereocenters. The number of likely N-dealkylation sites (N-methyl/N-ethyl adjacent to an activating group) is 1. The second-order valence-electron chi connectivity index (χ2n) is 6.66. The highest BCUT2D eigenvalue weighted by Crippen LogP contribution is 2.35. The number of benzene rings is 2. The Morgan fingerprint density at radius 2 is 1.77 bits per heavy atom. The van der Waals surface area contributed by atoms with E-state index in [1.807, 2.05) is 19.9 Å². The Kier molecular flexibility index (Phi) is 7.18. The number of hydrogen-bond acceptors (Lipinski definition) is 5. The molecular weight excluding hydrogens is 405 g/mol. The SMILES string of the molecule is CCN(CC)C(=O)C(OC(=O)c1sc2cccc(F)c2c1COC)c1ccccc1. The summed E-state index contributed by atoms with van der Waals surface area (Å²) in [6, 6.07) is 13.6. The lowest BCUT2D eigenvalue weighted by Gasteiger charge is -2.25. The Bertz CT molecular complexity index is 1030. The molecule has 2 aromatic carbocycles. The highest BCUT2D eigenvalue weighted by molar-refractivity contribution is 7.21. The monoisotopic (exact) mass is 429 g/mol. The number of halogens is 1. The van der Waals surface area contributed by atoms with Crippen molar-refractivity contribution >= 4 is 33.3 Å². The number of carbonyl (C=O) groups is 2. The lowest BCUT2D eigenvalue weighted by molar-refractivity contribution is -0.140. The molecule has 0 aliphatic rings. The van der Waals surface area contributed by atoms with Crippen molar-refractivity contribution < 1.29 is 23.5 Å². The molecule has 3 aromatic rings. The molecule has 0 saturated heterocycles. The average molecular weight is 430 g/mol. The normalized spacial score (nSPS) is 12.0. The maximum absolute atomic E-state index is 14.4. The van der Waals surface area contributed by atoms with Crippen molar-refractivity contribution in [1.82, 2.24) is 4.90 Å². The number of ether oxygens (including phenoxy) is 2. The van der Waals surface area contributed by atoms with Crippen LogP contribution in [0.5, 0.6) is 0 Å². The molecule has 3 rings (SSSR count). The fourth-order valence-electron chi connectivity index (χ4n) is 3.36. The number of rotatable bonds is 8. The first-order valence-electron chi connectivity index (χ1n) is 9.75. The van der Waals surface area contributed by atoms with Crippen LogP contribution >= 0.6 is 11.3 Å². The van der Waals surface area contributed by atoms with Gasteiger partial charge in [-0.3, -0.25) is 4.79 Å². The van der Waals surface area contributed by atoms with Gasteiger partial charge in [0.25, 0.3) is 5.91 Å². The van der Waals surface area contributed by atoms with E-state index in [-0.39, 0.29) is 17.4 Å². The van der Waals surface area contributed by atoms with Crippen LogP contribution in [-0.4, -0.2) is 37.0 Å². The van der Waals surface area contributed by atoms with E-state index >= 15 is 0 Å². The molecule has 0 radical (unpaired) electrons. The lowest BCUT2D eigenvalue weighted by Crippen LogP contribution is -2.36. The third-order valence-corrected chi connectivity index (χ3v) is 6.04. The van der Waals surface area contributed by atoms with E-state index in [1.54, 1.807) is 41.3 Å². The molecule has 7 heteroatoms. The number of nitrogens with zero attached hydrogens (tertiary/aromatic N) is 1. The zero-order valence-corrected chi connectivity index (χ0v) is 18.0. The van der Waals surface area contributed by atoms with Crippen molar-refractivity contribution in [3.8, 4) is 0 Å². The first kappa shape index (κ1) is 21.9. The van der Waals surface area contributed by atoms with E-state index in [9.17, 15) is 14.0 Å². The third kappa shape index (κ3) is 4.37. The fourth-order valence-corrected chi connectivity index (χ4v) is 4.47. The zero-order valence-electron chi connectivity index (χ0n) is 17.2.